The average Bonchev–Trinajstić information content (AvgIpc) is 2.59. The van der Waals surface area contributed by atoms with Gasteiger partial charge >= 0.3 is 0 Å². The number of hydrogen-bond donors (Lipinski definition) is 2. The molecule has 4 heteroatoms. The molecule has 0 unspecified atom stereocenters. The van der Waals surface area contributed by atoms with Gasteiger partial charge in [-0.05, 0) is 77.6 Å². The van der Waals surface area contributed by atoms with E-state index >= 15 is 0 Å². The molecule has 2 rings (SSSR count). The Hall–Kier alpha value is -1.81. The van der Waals surface area contributed by atoms with Crippen LogP contribution in [0.2, 0.25) is 0 Å². The van der Waals surface area contributed by atoms with Crippen molar-refractivity contribution in [2.24, 2.45) is 11.8 Å². The summed E-state index contributed by atoms with van der Waals surface area (Å²) in [5, 5.41) is 12.7. The van der Waals surface area contributed by atoms with Gasteiger partial charge in [0, 0.05) is 17.1 Å². The SMILES string of the molecule is C[C@H](/C=C/[C@H](C)C(=O)NC1CC(C)(C)N(C)C(C)(C)C1)Cc1ccc(O)cc1. The van der Waals surface area contributed by atoms with Crippen LogP contribution in [0, 0.1) is 11.8 Å². The predicted molar refractivity (Wildman–Crippen MR) is 116 cm³/mol. The summed E-state index contributed by atoms with van der Waals surface area (Å²) in [4.78, 5) is 15.1. The number of rotatable bonds is 6. The number of nitrogens with zero attached hydrogens (tertiary/aromatic N) is 1. The number of phenolic OH excluding ortho intramolecular Hbond substituents is 1. The molecule has 1 aliphatic rings. The van der Waals surface area contributed by atoms with Gasteiger partial charge in [0.15, 0.2) is 0 Å². The zero-order valence-electron chi connectivity index (χ0n) is 18.6. The Morgan fingerprint density at radius 2 is 1.68 bits per heavy atom. The third-order valence-corrected chi connectivity index (χ3v) is 6.29. The topological polar surface area (TPSA) is 52.6 Å². The molecular weight excluding hydrogens is 348 g/mol. The van der Waals surface area contributed by atoms with E-state index in [1.165, 1.54) is 5.56 Å². The number of benzene rings is 1. The van der Waals surface area contributed by atoms with Gasteiger partial charge in [-0.1, -0.05) is 38.1 Å². The summed E-state index contributed by atoms with van der Waals surface area (Å²) in [5.74, 6) is 0.584. The van der Waals surface area contributed by atoms with Gasteiger partial charge in [-0.3, -0.25) is 9.69 Å². The number of nitrogens with one attached hydrogen (secondary N) is 1. The summed E-state index contributed by atoms with van der Waals surface area (Å²) < 4.78 is 0. The highest BCUT2D eigenvalue weighted by Crippen LogP contribution is 2.36. The summed E-state index contributed by atoms with van der Waals surface area (Å²) in [6, 6.07) is 7.52. The van der Waals surface area contributed by atoms with Crippen LogP contribution in [-0.2, 0) is 11.2 Å². The van der Waals surface area contributed by atoms with Crippen molar-refractivity contribution in [2.75, 3.05) is 7.05 Å². The molecule has 2 atom stereocenters. The van der Waals surface area contributed by atoms with Crippen LogP contribution in [-0.4, -0.2) is 40.1 Å². The number of allylic oxidation sites excluding steroid dienone is 1. The summed E-state index contributed by atoms with van der Waals surface area (Å²) in [5.41, 5.74) is 1.32. The van der Waals surface area contributed by atoms with Crippen molar-refractivity contribution in [3.63, 3.8) is 0 Å². The molecule has 0 radical (unpaired) electrons. The van der Waals surface area contributed by atoms with Crippen LogP contribution in [0.25, 0.3) is 0 Å². The maximum Gasteiger partial charge on any atom is 0.226 e. The highest BCUT2D eigenvalue weighted by atomic mass is 16.3. The lowest BCUT2D eigenvalue weighted by Crippen LogP contribution is -2.62. The first-order valence-corrected chi connectivity index (χ1v) is 10.4. The summed E-state index contributed by atoms with van der Waals surface area (Å²) in [6.07, 6.45) is 6.96. The first-order valence-electron chi connectivity index (χ1n) is 10.4. The molecule has 1 aromatic carbocycles. The smallest absolute Gasteiger partial charge is 0.226 e. The van der Waals surface area contributed by atoms with Crippen LogP contribution < -0.4 is 5.32 Å². The highest BCUT2D eigenvalue weighted by molar-refractivity contribution is 5.80. The summed E-state index contributed by atoms with van der Waals surface area (Å²) in [6.45, 7) is 13.1. The van der Waals surface area contributed by atoms with E-state index in [4.69, 9.17) is 0 Å². The first-order chi connectivity index (χ1) is 12.9. The maximum absolute atomic E-state index is 12.7. The van der Waals surface area contributed by atoms with E-state index in [9.17, 15) is 9.90 Å². The van der Waals surface area contributed by atoms with Gasteiger partial charge in [0.1, 0.15) is 5.75 Å². The molecule has 1 heterocycles. The third kappa shape index (κ3) is 5.84. The highest BCUT2D eigenvalue weighted by Gasteiger charge is 2.43. The zero-order valence-corrected chi connectivity index (χ0v) is 18.6. The number of likely N-dealkylation sites (tertiary alicyclic amines) is 1. The van der Waals surface area contributed by atoms with E-state index < -0.39 is 0 Å². The Labute approximate surface area is 171 Å². The molecule has 0 spiro atoms. The molecule has 1 fully saturated rings. The average molecular weight is 387 g/mol. The number of aromatic hydroxyl groups is 1. The summed E-state index contributed by atoms with van der Waals surface area (Å²) in [7, 11) is 2.18. The molecule has 0 bridgehead atoms. The Morgan fingerprint density at radius 1 is 1.14 bits per heavy atom. The molecule has 156 valence electrons. The van der Waals surface area contributed by atoms with Crippen molar-refractivity contribution in [3.8, 4) is 5.75 Å². The fraction of sp³-hybridized carbons (Fsp3) is 0.625. The third-order valence-electron chi connectivity index (χ3n) is 6.29. The van der Waals surface area contributed by atoms with Crippen molar-refractivity contribution < 1.29 is 9.90 Å². The van der Waals surface area contributed by atoms with E-state index in [0.29, 0.717) is 5.92 Å². The normalized spacial score (nSPS) is 22.1. The lowest BCUT2D eigenvalue weighted by atomic mass is 9.77. The Morgan fingerprint density at radius 3 is 2.21 bits per heavy atom. The second-order valence-corrected chi connectivity index (χ2v) is 9.82. The van der Waals surface area contributed by atoms with Crippen LogP contribution in [0.5, 0.6) is 5.75 Å². The van der Waals surface area contributed by atoms with E-state index in [1.807, 2.05) is 25.1 Å². The lowest BCUT2D eigenvalue weighted by molar-refractivity contribution is -0.125. The van der Waals surface area contributed by atoms with E-state index in [1.54, 1.807) is 12.1 Å². The van der Waals surface area contributed by atoms with Gasteiger partial charge in [-0.15, -0.1) is 0 Å². The minimum absolute atomic E-state index is 0.0669. The maximum atomic E-state index is 12.7. The first kappa shape index (κ1) is 22.5. The number of hydrogen-bond acceptors (Lipinski definition) is 3. The molecule has 1 saturated heterocycles. The van der Waals surface area contributed by atoms with Crippen LogP contribution >= 0.6 is 0 Å². The predicted octanol–water partition coefficient (Wildman–Crippen LogP) is 4.53. The quantitative estimate of drug-likeness (QED) is 0.706. The van der Waals surface area contributed by atoms with Crippen LogP contribution in [0.1, 0.15) is 59.9 Å². The molecule has 1 amide bonds. The van der Waals surface area contributed by atoms with E-state index in [0.717, 1.165) is 19.3 Å². The fourth-order valence-electron chi connectivity index (χ4n) is 4.32. The van der Waals surface area contributed by atoms with Crippen LogP contribution in [0.15, 0.2) is 36.4 Å². The van der Waals surface area contributed by atoms with E-state index in [2.05, 4.69) is 58.0 Å². The van der Waals surface area contributed by atoms with Crippen molar-refractivity contribution in [2.45, 2.75) is 77.9 Å². The largest absolute Gasteiger partial charge is 0.508 e. The molecule has 1 aromatic rings. The van der Waals surface area contributed by atoms with Crippen molar-refractivity contribution >= 4 is 5.91 Å². The number of carbonyl (C=O) groups excluding carboxylic acids is 1. The van der Waals surface area contributed by atoms with Crippen LogP contribution in [0.4, 0.5) is 0 Å². The molecule has 0 saturated carbocycles. The molecule has 28 heavy (non-hydrogen) atoms. The Bertz CT molecular complexity index is 673. The van der Waals surface area contributed by atoms with Gasteiger partial charge in [-0.2, -0.15) is 0 Å². The van der Waals surface area contributed by atoms with Crippen molar-refractivity contribution in [3.05, 3.63) is 42.0 Å². The van der Waals surface area contributed by atoms with Gasteiger partial charge in [-0.25, -0.2) is 0 Å². The molecule has 0 aromatic heterocycles. The number of amides is 1. The molecule has 0 aliphatic carbocycles. The Balaban J connectivity index is 1.89. The summed E-state index contributed by atoms with van der Waals surface area (Å²) >= 11 is 0. The second-order valence-electron chi connectivity index (χ2n) is 9.82. The van der Waals surface area contributed by atoms with E-state index in [-0.39, 0.29) is 34.7 Å². The van der Waals surface area contributed by atoms with Crippen LogP contribution in [0.3, 0.4) is 0 Å². The molecule has 4 nitrogen and oxygen atoms in total. The lowest BCUT2D eigenvalue weighted by Gasteiger charge is -2.53. The van der Waals surface area contributed by atoms with Crippen molar-refractivity contribution in [1.82, 2.24) is 10.2 Å². The number of phenols is 1. The second kappa shape index (κ2) is 8.69. The minimum Gasteiger partial charge on any atom is -0.508 e. The molecule has 1 aliphatic heterocycles. The minimum atomic E-state index is -0.145. The van der Waals surface area contributed by atoms with Gasteiger partial charge < -0.3 is 10.4 Å². The van der Waals surface area contributed by atoms with Gasteiger partial charge in [0.2, 0.25) is 5.91 Å². The molecule has 2 N–H and O–H groups in total. The van der Waals surface area contributed by atoms with Crippen molar-refractivity contribution in [1.29, 1.82) is 0 Å². The monoisotopic (exact) mass is 386 g/mol. The fourth-order valence-corrected chi connectivity index (χ4v) is 4.32. The zero-order chi connectivity index (χ0) is 21.1. The standard InChI is InChI=1S/C24H38N2O2/c1-17(14-19-10-12-21(27)13-11-19)8-9-18(2)22(28)25-20-15-23(3,4)26(7)24(5,6)16-20/h8-13,17-18,20,27H,14-16H2,1-7H3,(H,25,28)/b9-8+/t17-,18+/m1/s1. The Kier molecular flexibility index (Phi) is 6.97. The number of piperidine rings is 1. The van der Waals surface area contributed by atoms with Gasteiger partial charge in [0.05, 0.1) is 5.92 Å². The number of carbonyl (C=O) groups is 1. The molecular formula is C24H38N2O2. The van der Waals surface area contributed by atoms with Gasteiger partial charge in [0.25, 0.3) is 0 Å².